The Morgan fingerprint density at radius 3 is 1.60 bits per heavy atom. The lowest BCUT2D eigenvalue weighted by atomic mass is 10.2. The van der Waals surface area contributed by atoms with Crippen LogP contribution in [0.3, 0.4) is 0 Å². The van der Waals surface area contributed by atoms with Gasteiger partial charge in [-0.2, -0.15) is 0 Å². The molecule has 4 nitrogen and oxygen atoms in total. The summed E-state index contributed by atoms with van der Waals surface area (Å²) in [5.41, 5.74) is 0. The summed E-state index contributed by atoms with van der Waals surface area (Å²) in [7, 11) is 0. The second-order valence-electron chi connectivity index (χ2n) is 2.39. The van der Waals surface area contributed by atoms with Crippen molar-refractivity contribution in [1.82, 2.24) is 0 Å². The van der Waals surface area contributed by atoms with Gasteiger partial charge in [0, 0.05) is 0 Å². The van der Waals surface area contributed by atoms with Gasteiger partial charge in [0.2, 0.25) is 0 Å². The molecule has 2 atom stereocenters. The normalized spacial score (nSPS) is 40.8. The van der Waals surface area contributed by atoms with E-state index in [1.54, 1.807) is 0 Å². The SMILES string of the molecule is C1OCC(C2COCO2)O1. The summed E-state index contributed by atoms with van der Waals surface area (Å²) in [6, 6.07) is 0. The van der Waals surface area contributed by atoms with E-state index in [9.17, 15) is 0 Å². The van der Waals surface area contributed by atoms with Crippen LogP contribution in [0.1, 0.15) is 0 Å². The number of ether oxygens (including phenoxy) is 4. The lowest BCUT2D eigenvalue weighted by Crippen LogP contribution is -2.29. The zero-order valence-electron chi connectivity index (χ0n) is 5.62. The molecule has 0 N–H and O–H groups in total. The number of rotatable bonds is 1. The summed E-state index contributed by atoms with van der Waals surface area (Å²) in [6.07, 6.45) is 0.171. The van der Waals surface area contributed by atoms with Crippen molar-refractivity contribution in [3.8, 4) is 0 Å². The molecule has 2 aliphatic rings. The Kier molecular flexibility index (Phi) is 1.86. The summed E-state index contributed by atoms with van der Waals surface area (Å²) in [5, 5.41) is 0. The van der Waals surface area contributed by atoms with E-state index in [-0.39, 0.29) is 12.2 Å². The van der Waals surface area contributed by atoms with E-state index >= 15 is 0 Å². The predicted octanol–water partition coefficient (Wildman–Crippen LogP) is -0.268. The second-order valence-corrected chi connectivity index (χ2v) is 2.39. The van der Waals surface area contributed by atoms with E-state index in [2.05, 4.69) is 0 Å². The van der Waals surface area contributed by atoms with Gasteiger partial charge in [-0.1, -0.05) is 0 Å². The molecule has 0 aromatic heterocycles. The summed E-state index contributed by atoms with van der Waals surface area (Å²) in [5.74, 6) is 0. The van der Waals surface area contributed by atoms with E-state index in [4.69, 9.17) is 18.9 Å². The van der Waals surface area contributed by atoms with Gasteiger partial charge in [0.1, 0.15) is 25.8 Å². The highest BCUT2D eigenvalue weighted by Gasteiger charge is 2.30. The zero-order chi connectivity index (χ0) is 6.81. The Morgan fingerprint density at radius 1 is 0.800 bits per heavy atom. The Labute approximate surface area is 59.0 Å². The van der Waals surface area contributed by atoms with Crippen LogP contribution in [0.5, 0.6) is 0 Å². The van der Waals surface area contributed by atoms with Crippen molar-refractivity contribution in [2.24, 2.45) is 0 Å². The Bertz CT molecular complexity index is 90.3. The summed E-state index contributed by atoms with van der Waals surface area (Å²) in [6.45, 7) is 2.05. The Hall–Kier alpha value is -0.160. The van der Waals surface area contributed by atoms with Gasteiger partial charge < -0.3 is 18.9 Å². The number of hydrogen-bond acceptors (Lipinski definition) is 4. The maximum Gasteiger partial charge on any atom is 0.147 e. The van der Waals surface area contributed by atoms with Crippen LogP contribution in [0.4, 0.5) is 0 Å². The van der Waals surface area contributed by atoms with Gasteiger partial charge in [-0.3, -0.25) is 0 Å². The molecule has 0 aromatic carbocycles. The third-order valence-corrected chi connectivity index (χ3v) is 1.71. The fourth-order valence-corrected chi connectivity index (χ4v) is 1.13. The molecular weight excluding hydrogens is 136 g/mol. The van der Waals surface area contributed by atoms with E-state index in [0.717, 1.165) is 0 Å². The van der Waals surface area contributed by atoms with E-state index < -0.39 is 0 Å². The predicted molar refractivity (Wildman–Crippen MR) is 31.4 cm³/mol. The number of hydrogen-bond donors (Lipinski definition) is 0. The Balaban J connectivity index is 1.85. The zero-order valence-corrected chi connectivity index (χ0v) is 5.62. The molecule has 4 heteroatoms. The van der Waals surface area contributed by atoms with Crippen LogP contribution >= 0.6 is 0 Å². The van der Waals surface area contributed by atoms with Gasteiger partial charge in [-0.25, -0.2) is 0 Å². The molecule has 2 heterocycles. The van der Waals surface area contributed by atoms with E-state index in [0.29, 0.717) is 26.8 Å². The first-order valence-corrected chi connectivity index (χ1v) is 3.35. The van der Waals surface area contributed by atoms with Crippen molar-refractivity contribution in [2.75, 3.05) is 26.8 Å². The average molecular weight is 146 g/mol. The van der Waals surface area contributed by atoms with Crippen LogP contribution < -0.4 is 0 Å². The topological polar surface area (TPSA) is 36.9 Å². The third kappa shape index (κ3) is 1.15. The van der Waals surface area contributed by atoms with Crippen LogP contribution in [0.2, 0.25) is 0 Å². The van der Waals surface area contributed by atoms with E-state index in [1.165, 1.54) is 0 Å². The lowest BCUT2D eigenvalue weighted by Gasteiger charge is -2.12. The molecule has 58 valence electrons. The van der Waals surface area contributed by atoms with Crippen LogP contribution in [-0.2, 0) is 18.9 Å². The standard InChI is InChI=1S/C6H10O4/c1-5(9-3-7-1)6-2-8-4-10-6/h5-6H,1-4H2. The highest BCUT2D eigenvalue weighted by Crippen LogP contribution is 2.14. The van der Waals surface area contributed by atoms with Gasteiger partial charge >= 0.3 is 0 Å². The van der Waals surface area contributed by atoms with Crippen LogP contribution in [0.25, 0.3) is 0 Å². The summed E-state index contributed by atoms with van der Waals surface area (Å²) < 4.78 is 20.4. The quantitative estimate of drug-likeness (QED) is 0.510. The van der Waals surface area contributed by atoms with Crippen molar-refractivity contribution in [3.05, 3.63) is 0 Å². The smallest absolute Gasteiger partial charge is 0.147 e. The molecule has 2 rings (SSSR count). The van der Waals surface area contributed by atoms with Crippen molar-refractivity contribution < 1.29 is 18.9 Å². The van der Waals surface area contributed by atoms with Crippen LogP contribution in [-0.4, -0.2) is 39.0 Å². The first kappa shape index (κ1) is 6.54. The fraction of sp³-hybridized carbons (Fsp3) is 1.00. The Morgan fingerprint density at radius 2 is 1.30 bits per heavy atom. The van der Waals surface area contributed by atoms with Crippen molar-refractivity contribution in [2.45, 2.75) is 12.2 Å². The lowest BCUT2D eigenvalue weighted by molar-refractivity contribution is -0.0251. The molecule has 2 saturated heterocycles. The molecule has 0 bridgehead atoms. The maximum atomic E-state index is 5.21. The molecule has 0 spiro atoms. The molecular formula is C6H10O4. The first-order valence-electron chi connectivity index (χ1n) is 3.35. The third-order valence-electron chi connectivity index (χ3n) is 1.71. The minimum atomic E-state index is 0.0856. The minimum absolute atomic E-state index is 0.0856. The molecule has 2 aliphatic heterocycles. The fourth-order valence-electron chi connectivity index (χ4n) is 1.13. The summed E-state index contributed by atoms with van der Waals surface area (Å²) in [4.78, 5) is 0. The van der Waals surface area contributed by atoms with Crippen LogP contribution in [0, 0.1) is 0 Å². The van der Waals surface area contributed by atoms with Gasteiger partial charge in [0.05, 0.1) is 13.2 Å². The molecule has 2 fully saturated rings. The molecule has 0 radical (unpaired) electrons. The summed E-state index contributed by atoms with van der Waals surface area (Å²) >= 11 is 0. The minimum Gasteiger partial charge on any atom is -0.353 e. The van der Waals surface area contributed by atoms with Gasteiger partial charge in [0.15, 0.2) is 0 Å². The highest BCUT2D eigenvalue weighted by molar-refractivity contribution is 4.73. The van der Waals surface area contributed by atoms with E-state index in [1.807, 2.05) is 0 Å². The van der Waals surface area contributed by atoms with Gasteiger partial charge in [-0.15, -0.1) is 0 Å². The second kappa shape index (κ2) is 2.84. The largest absolute Gasteiger partial charge is 0.353 e. The van der Waals surface area contributed by atoms with Gasteiger partial charge in [-0.05, 0) is 0 Å². The molecule has 0 saturated carbocycles. The van der Waals surface area contributed by atoms with Crippen LogP contribution in [0.15, 0.2) is 0 Å². The van der Waals surface area contributed by atoms with Crippen molar-refractivity contribution in [3.63, 3.8) is 0 Å². The maximum absolute atomic E-state index is 5.21. The molecule has 2 unspecified atom stereocenters. The molecule has 10 heavy (non-hydrogen) atoms. The molecule has 0 aliphatic carbocycles. The monoisotopic (exact) mass is 146 g/mol. The average Bonchev–Trinajstić information content (AvgIpc) is 2.59. The highest BCUT2D eigenvalue weighted by atomic mass is 16.7. The first-order chi connectivity index (χ1) is 4.97. The van der Waals surface area contributed by atoms with Crippen molar-refractivity contribution in [1.29, 1.82) is 0 Å². The van der Waals surface area contributed by atoms with Crippen molar-refractivity contribution >= 4 is 0 Å². The molecule has 0 aromatic rings. The molecule has 0 amide bonds. The van der Waals surface area contributed by atoms with Gasteiger partial charge in [0.25, 0.3) is 0 Å².